The van der Waals surface area contributed by atoms with Gasteiger partial charge in [-0.15, -0.1) is 0 Å². The second kappa shape index (κ2) is 7.38. The SMILES string of the molecule is CCCN(CCC)CC(C)(C)CNC(C)(C)C. The van der Waals surface area contributed by atoms with Crippen molar-refractivity contribution < 1.29 is 0 Å². The summed E-state index contributed by atoms with van der Waals surface area (Å²) in [6.07, 6.45) is 2.51. The van der Waals surface area contributed by atoms with Crippen molar-refractivity contribution in [1.29, 1.82) is 0 Å². The normalized spacial score (nSPS) is 13.4. The van der Waals surface area contributed by atoms with Crippen LogP contribution in [-0.4, -0.2) is 36.6 Å². The zero-order chi connectivity index (χ0) is 13.5. The van der Waals surface area contributed by atoms with Gasteiger partial charge in [-0.2, -0.15) is 0 Å². The van der Waals surface area contributed by atoms with E-state index in [1.807, 2.05) is 0 Å². The van der Waals surface area contributed by atoms with Crippen LogP contribution in [-0.2, 0) is 0 Å². The molecule has 0 aromatic heterocycles. The van der Waals surface area contributed by atoms with Gasteiger partial charge in [-0.1, -0.05) is 27.7 Å². The van der Waals surface area contributed by atoms with Crippen LogP contribution in [0.15, 0.2) is 0 Å². The maximum absolute atomic E-state index is 3.63. The molecule has 104 valence electrons. The lowest BCUT2D eigenvalue weighted by Crippen LogP contribution is -2.46. The molecule has 0 aromatic rings. The van der Waals surface area contributed by atoms with Crippen molar-refractivity contribution in [3.63, 3.8) is 0 Å². The summed E-state index contributed by atoms with van der Waals surface area (Å²) >= 11 is 0. The van der Waals surface area contributed by atoms with Crippen molar-refractivity contribution >= 4 is 0 Å². The van der Waals surface area contributed by atoms with Gasteiger partial charge in [-0.25, -0.2) is 0 Å². The summed E-state index contributed by atoms with van der Waals surface area (Å²) in [6.45, 7) is 20.7. The maximum atomic E-state index is 3.63. The third kappa shape index (κ3) is 9.61. The lowest BCUT2D eigenvalue weighted by molar-refractivity contribution is 0.165. The van der Waals surface area contributed by atoms with Crippen LogP contribution >= 0.6 is 0 Å². The minimum absolute atomic E-state index is 0.220. The van der Waals surface area contributed by atoms with Gasteiger partial charge in [0.05, 0.1) is 0 Å². The van der Waals surface area contributed by atoms with Crippen LogP contribution in [0.5, 0.6) is 0 Å². The summed E-state index contributed by atoms with van der Waals surface area (Å²) in [5.74, 6) is 0. The standard InChI is InChI=1S/C15H34N2/c1-8-10-17(11-9-2)13-15(6,7)12-16-14(3,4)5/h16H,8-13H2,1-7H3. The van der Waals surface area contributed by atoms with Crippen molar-refractivity contribution in [1.82, 2.24) is 10.2 Å². The van der Waals surface area contributed by atoms with Crippen molar-refractivity contribution in [3.8, 4) is 0 Å². The van der Waals surface area contributed by atoms with E-state index in [1.165, 1.54) is 32.5 Å². The molecule has 0 radical (unpaired) electrons. The molecule has 0 aliphatic rings. The first-order valence-electron chi connectivity index (χ1n) is 7.17. The van der Waals surface area contributed by atoms with Crippen LogP contribution in [0.1, 0.15) is 61.3 Å². The molecule has 0 amide bonds. The second-order valence-corrected chi connectivity index (χ2v) is 7.04. The highest BCUT2D eigenvalue weighted by Gasteiger charge is 2.23. The Morgan fingerprint density at radius 2 is 1.35 bits per heavy atom. The van der Waals surface area contributed by atoms with E-state index >= 15 is 0 Å². The van der Waals surface area contributed by atoms with Gasteiger partial charge in [0, 0.05) is 18.6 Å². The molecule has 0 saturated heterocycles. The van der Waals surface area contributed by atoms with Gasteiger partial charge in [0.25, 0.3) is 0 Å². The van der Waals surface area contributed by atoms with E-state index in [2.05, 4.69) is 58.7 Å². The highest BCUT2D eigenvalue weighted by atomic mass is 15.1. The minimum atomic E-state index is 0.220. The first-order valence-corrected chi connectivity index (χ1v) is 7.17. The monoisotopic (exact) mass is 242 g/mol. The predicted molar refractivity (Wildman–Crippen MR) is 78.6 cm³/mol. The molecule has 1 N–H and O–H groups in total. The Morgan fingerprint density at radius 3 is 1.71 bits per heavy atom. The fraction of sp³-hybridized carbons (Fsp3) is 1.00. The first-order chi connectivity index (χ1) is 7.70. The molecular formula is C15H34N2. The number of hydrogen-bond acceptors (Lipinski definition) is 2. The Labute approximate surface area is 109 Å². The molecule has 2 nitrogen and oxygen atoms in total. The van der Waals surface area contributed by atoms with E-state index in [9.17, 15) is 0 Å². The van der Waals surface area contributed by atoms with Crippen LogP contribution < -0.4 is 5.32 Å². The zero-order valence-corrected chi connectivity index (χ0v) is 13.2. The summed E-state index contributed by atoms with van der Waals surface area (Å²) in [4.78, 5) is 2.60. The molecule has 0 aromatic carbocycles. The molecular weight excluding hydrogens is 208 g/mol. The molecule has 0 bridgehead atoms. The molecule has 0 aliphatic heterocycles. The van der Waals surface area contributed by atoms with Crippen LogP contribution in [0.25, 0.3) is 0 Å². The highest BCUT2D eigenvalue weighted by Crippen LogP contribution is 2.17. The number of hydrogen-bond donors (Lipinski definition) is 1. The summed E-state index contributed by atoms with van der Waals surface area (Å²) in [5, 5.41) is 3.63. The second-order valence-electron chi connectivity index (χ2n) is 7.04. The van der Waals surface area contributed by atoms with Crippen LogP contribution in [0.2, 0.25) is 0 Å². The Balaban J connectivity index is 4.18. The predicted octanol–water partition coefficient (Wildman–Crippen LogP) is 3.52. The van der Waals surface area contributed by atoms with E-state index in [0.717, 1.165) is 6.54 Å². The lowest BCUT2D eigenvalue weighted by atomic mass is 9.91. The summed E-state index contributed by atoms with van der Waals surface area (Å²) < 4.78 is 0. The van der Waals surface area contributed by atoms with E-state index in [0.29, 0.717) is 5.41 Å². The number of nitrogens with zero attached hydrogens (tertiary/aromatic N) is 1. The average molecular weight is 242 g/mol. The Kier molecular flexibility index (Phi) is 7.34. The smallest absolute Gasteiger partial charge is 0.00967 e. The summed E-state index contributed by atoms with van der Waals surface area (Å²) in [6, 6.07) is 0. The van der Waals surface area contributed by atoms with Gasteiger partial charge in [0.2, 0.25) is 0 Å². The van der Waals surface area contributed by atoms with Gasteiger partial charge in [-0.05, 0) is 52.1 Å². The van der Waals surface area contributed by atoms with Crippen molar-refractivity contribution in [2.75, 3.05) is 26.2 Å². The van der Waals surface area contributed by atoms with Gasteiger partial charge in [-0.3, -0.25) is 0 Å². The van der Waals surface area contributed by atoms with Crippen molar-refractivity contribution in [2.45, 2.75) is 66.8 Å². The average Bonchev–Trinajstić information content (AvgIpc) is 2.14. The third-order valence-corrected chi connectivity index (χ3v) is 2.83. The fourth-order valence-electron chi connectivity index (χ4n) is 2.07. The molecule has 0 fully saturated rings. The van der Waals surface area contributed by atoms with Crippen LogP contribution in [0.3, 0.4) is 0 Å². The molecule has 0 rings (SSSR count). The minimum Gasteiger partial charge on any atom is -0.311 e. The van der Waals surface area contributed by atoms with Crippen LogP contribution in [0.4, 0.5) is 0 Å². The Morgan fingerprint density at radius 1 is 0.882 bits per heavy atom. The van der Waals surface area contributed by atoms with Crippen LogP contribution in [0, 0.1) is 5.41 Å². The Hall–Kier alpha value is -0.0800. The van der Waals surface area contributed by atoms with Gasteiger partial charge >= 0.3 is 0 Å². The largest absolute Gasteiger partial charge is 0.311 e. The highest BCUT2D eigenvalue weighted by molar-refractivity contribution is 4.80. The quantitative estimate of drug-likeness (QED) is 0.700. The lowest BCUT2D eigenvalue weighted by Gasteiger charge is -2.35. The van der Waals surface area contributed by atoms with E-state index in [-0.39, 0.29) is 5.54 Å². The maximum Gasteiger partial charge on any atom is 0.00967 e. The van der Waals surface area contributed by atoms with Gasteiger partial charge in [0.15, 0.2) is 0 Å². The van der Waals surface area contributed by atoms with Gasteiger partial charge in [0.1, 0.15) is 0 Å². The third-order valence-electron chi connectivity index (χ3n) is 2.83. The number of nitrogens with one attached hydrogen (secondary N) is 1. The topological polar surface area (TPSA) is 15.3 Å². The van der Waals surface area contributed by atoms with E-state index in [1.54, 1.807) is 0 Å². The van der Waals surface area contributed by atoms with Gasteiger partial charge < -0.3 is 10.2 Å². The fourth-order valence-corrected chi connectivity index (χ4v) is 2.07. The van der Waals surface area contributed by atoms with E-state index < -0.39 is 0 Å². The Bertz CT molecular complexity index is 186. The molecule has 0 saturated carbocycles. The van der Waals surface area contributed by atoms with Crippen molar-refractivity contribution in [3.05, 3.63) is 0 Å². The molecule has 0 aliphatic carbocycles. The molecule has 0 unspecified atom stereocenters. The molecule has 0 spiro atoms. The van der Waals surface area contributed by atoms with E-state index in [4.69, 9.17) is 0 Å². The number of rotatable bonds is 8. The van der Waals surface area contributed by atoms with Crippen molar-refractivity contribution in [2.24, 2.45) is 5.41 Å². The summed E-state index contributed by atoms with van der Waals surface area (Å²) in [7, 11) is 0. The zero-order valence-electron chi connectivity index (χ0n) is 13.2. The molecule has 0 heterocycles. The first kappa shape index (κ1) is 16.9. The summed E-state index contributed by atoms with van der Waals surface area (Å²) in [5.41, 5.74) is 0.565. The molecule has 2 heteroatoms. The molecule has 17 heavy (non-hydrogen) atoms. The molecule has 0 atom stereocenters.